The van der Waals surface area contributed by atoms with Gasteiger partial charge in [0.2, 0.25) is 11.6 Å². The van der Waals surface area contributed by atoms with E-state index in [-0.39, 0.29) is 28.2 Å². The van der Waals surface area contributed by atoms with Crippen molar-refractivity contribution in [3.8, 4) is 11.6 Å². The molecule has 0 aliphatic carbocycles. The summed E-state index contributed by atoms with van der Waals surface area (Å²) in [5.74, 6) is 0.534. The second kappa shape index (κ2) is 5.70. The fourth-order valence-electron chi connectivity index (χ4n) is 1.65. The molecule has 0 spiro atoms. The van der Waals surface area contributed by atoms with Crippen LogP contribution in [0.3, 0.4) is 0 Å². The molecule has 0 aliphatic rings. The van der Waals surface area contributed by atoms with Crippen molar-refractivity contribution in [3.63, 3.8) is 0 Å². The van der Waals surface area contributed by atoms with E-state index in [1.165, 1.54) is 24.5 Å². The van der Waals surface area contributed by atoms with Gasteiger partial charge in [0.1, 0.15) is 12.1 Å². The van der Waals surface area contributed by atoms with Crippen LogP contribution in [0.15, 0.2) is 24.5 Å². The summed E-state index contributed by atoms with van der Waals surface area (Å²) in [6.45, 7) is 1.86. The first-order valence-corrected chi connectivity index (χ1v) is 6.11. The van der Waals surface area contributed by atoms with Gasteiger partial charge in [0.25, 0.3) is 0 Å². The summed E-state index contributed by atoms with van der Waals surface area (Å²) in [7, 11) is 0. The quantitative estimate of drug-likeness (QED) is 0.686. The minimum Gasteiger partial charge on any atom is -0.431 e. The average molecular weight is 295 g/mol. The molecule has 0 saturated carbocycles. The summed E-state index contributed by atoms with van der Waals surface area (Å²) in [5, 5.41) is 11.2. The monoisotopic (exact) mass is 294 g/mol. The van der Waals surface area contributed by atoms with E-state index in [4.69, 9.17) is 22.1 Å². The lowest BCUT2D eigenvalue weighted by Crippen LogP contribution is -2.02. The fourth-order valence-corrected chi connectivity index (χ4v) is 1.82. The molecule has 1 heterocycles. The number of ether oxygens (including phenoxy) is 1. The molecular weight excluding hydrogens is 284 g/mol. The van der Waals surface area contributed by atoms with E-state index in [2.05, 4.69) is 9.97 Å². The van der Waals surface area contributed by atoms with E-state index < -0.39 is 4.92 Å². The minimum absolute atomic E-state index is 0.0483. The molecule has 0 amide bonds. The van der Waals surface area contributed by atoms with Crippen LogP contribution in [0.2, 0.25) is 5.02 Å². The number of aromatic nitrogens is 2. The molecule has 0 radical (unpaired) electrons. The van der Waals surface area contributed by atoms with Crippen molar-refractivity contribution in [1.29, 1.82) is 0 Å². The Morgan fingerprint density at radius 3 is 2.85 bits per heavy atom. The van der Waals surface area contributed by atoms with Gasteiger partial charge in [-0.05, 0) is 18.6 Å². The molecule has 2 N–H and O–H groups in total. The van der Waals surface area contributed by atoms with Gasteiger partial charge in [-0.3, -0.25) is 10.1 Å². The van der Waals surface area contributed by atoms with Crippen LogP contribution in [-0.2, 0) is 6.42 Å². The summed E-state index contributed by atoms with van der Waals surface area (Å²) >= 11 is 5.74. The Morgan fingerprint density at radius 1 is 1.45 bits per heavy atom. The molecule has 0 unspecified atom stereocenters. The van der Waals surface area contributed by atoms with Gasteiger partial charge in [-0.25, -0.2) is 9.97 Å². The number of halogens is 1. The van der Waals surface area contributed by atoms with E-state index in [0.29, 0.717) is 12.0 Å². The SMILES string of the molecule is CCc1c(N)ncnc1Oc1ccc(Cl)cc1[N+](=O)[O-]. The first-order valence-electron chi connectivity index (χ1n) is 5.74. The summed E-state index contributed by atoms with van der Waals surface area (Å²) in [5.41, 5.74) is 6.08. The molecule has 20 heavy (non-hydrogen) atoms. The van der Waals surface area contributed by atoms with Crippen LogP contribution in [0.4, 0.5) is 11.5 Å². The lowest BCUT2D eigenvalue weighted by Gasteiger charge is -2.10. The van der Waals surface area contributed by atoms with Crippen LogP contribution in [0, 0.1) is 10.1 Å². The number of anilines is 1. The van der Waals surface area contributed by atoms with E-state index in [1.54, 1.807) is 0 Å². The van der Waals surface area contributed by atoms with Gasteiger partial charge >= 0.3 is 5.69 Å². The Balaban J connectivity index is 2.45. The first kappa shape index (κ1) is 14.0. The predicted molar refractivity (Wildman–Crippen MR) is 74.0 cm³/mol. The number of hydrogen-bond donors (Lipinski definition) is 1. The zero-order valence-corrected chi connectivity index (χ0v) is 11.3. The molecule has 0 bridgehead atoms. The second-order valence-electron chi connectivity index (χ2n) is 3.87. The van der Waals surface area contributed by atoms with Gasteiger partial charge in [-0.2, -0.15) is 0 Å². The van der Waals surface area contributed by atoms with E-state index >= 15 is 0 Å². The van der Waals surface area contributed by atoms with Gasteiger partial charge in [-0.15, -0.1) is 0 Å². The van der Waals surface area contributed by atoms with Crippen LogP contribution < -0.4 is 10.5 Å². The van der Waals surface area contributed by atoms with Gasteiger partial charge in [-0.1, -0.05) is 18.5 Å². The van der Waals surface area contributed by atoms with Crippen molar-refractivity contribution in [2.45, 2.75) is 13.3 Å². The molecule has 0 aliphatic heterocycles. The summed E-state index contributed by atoms with van der Waals surface area (Å²) in [6, 6.07) is 4.13. The Bertz CT molecular complexity index is 663. The lowest BCUT2D eigenvalue weighted by molar-refractivity contribution is -0.385. The highest BCUT2D eigenvalue weighted by atomic mass is 35.5. The Morgan fingerprint density at radius 2 is 2.20 bits per heavy atom. The third-order valence-corrected chi connectivity index (χ3v) is 2.85. The highest BCUT2D eigenvalue weighted by molar-refractivity contribution is 6.30. The molecule has 0 atom stereocenters. The molecule has 8 heteroatoms. The van der Waals surface area contributed by atoms with E-state index in [9.17, 15) is 10.1 Å². The number of nitro groups is 1. The van der Waals surface area contributed by atoms with Crippen LogP contribution in [0.1, 0.15) is 12.5 Å². The molecule has 0 fully saturated rings. The van der Waals surface area contributed by atoms with Crippen molar-refractivity contribution in [3.05, 3.63) is 45.2 Å². The number of nitrogens with two attached hydrogens (primary N) is 1. The van der Waals surface area contributed by atoms with Gasteiger partial charge in [0.05, 0.1) is 10.5 Å². The smallest absolute Gasteiger partial charge is 0.313 e. The maximum absolute atomic E-state index is 11.0. The highest BCUT2D eigenvalue weighted by Gasteiger charge is 2.19. The predicted octanol–water partition coefficient (Wildman–Crippen LogP) is 2.98. The number of nitrogen functional groups attached to an aromatic ring is 1. The number of nitro benzene ring substituents is 1. The zero-order valence-electron chi connectivity index (χ0n) is 10.5. The minimum atomic E-state index is -0.572. The van der Waals surface area contributed by atoms with E-state index in [0.717, 1.165) is 0 Å². The summed E-state index contributed by atoms with van der Waals surface area (Å²) in [4.78, 5) is 18.2. The van der Waals surface area contributed by atoms with E-state index in [1.807, 2.05) is 6.92 Å². The Labute approximate surface area is 119 Å². The number of hydrogen-bond acceptors (Lipinski definition) is 6. The van der Waals surface area contributed by atoms with Gasteiger partial charge in [0.15, 0.2) is 0 Å². The van der Waals surface area contributed by atoms with Crippen LogP contribution >= 0.6 is 11.6 Å². The number of rotatable bonds is 4. The topological polar surface area (TPSA) is 104 Å². The fraction of sp³-hybridized carbons (Fsp3) is 0.167. The Kier molecular flexibility index (Phi) is 3.99. The summed E-state index contributed by atoms with van der Waals surface area (Å²) < 4.78 is 5.50. The van der Waals surface area contributed by atoms with Crippen LogP contribution in [0.25, 0.3) is 0 Å². The van der Waals surface area contributed by atoms with Crippen LogP contribution in [0.5, 0.6) is 11.6 Å². The van der Waals surface area contributed by atoms with Gasteiger partial charge < -0.3 is 10.5 Å². The molecule has 2 aromatic rings. The zero-order chi connectivity index (χ0) is 14.7. The average Bonchev–Trinajstić information content (AvgIpc) is 2.41. The number of benzene rings is 1. The van der Waals surface area contributed by atoms with Crippen LogP contribution in [-0.4, -0.2) is 14.9 Å². The first-order chi connectivity index (χ1) is 9.52. The largest absolute Gasteiger partial charge is 0.431 e. The maximum Gasteiger partial charge on any atom is 0.313 e. The molecule has 1 aromatic heterocycles. The molecule has 104 valence electrons. The summed E-state index contributed by atoms with van der Waals surface area (Å²) in [6.07, 6.45) is 1.79. The third-order valence-electron chi connectivity index (χ3n) is 2.62. The number of nitrogens with zero attached hydrogens (tertiary/aromatic N) is 3. The lowest BCUT2D eigenvalue weighted by atomic mass is 10.2. The normalized spacial score (nSPS) is 10.3. The molecule has 2 rings (SSSR count). The van der Waals surface area contributed by atoms with Crippen molar-refractivity contribution in [1.82, 2.24) is 9.97 Å². The molecule has 7 nitrogen and oxygen atoms in total. The van der Waals surface area contributed by atoms with Crippen molar-refractivity contribution < 1.29 is 9.66 Å². The molecular formula is C12H11ClN4O3. The highest BCUT2D eigenvalue weighted by Crippen LogP contribution is 2.34. The Hall–Kier alpha value is -2.41. The second-order valence-corrected chi connectivity index (χ2v) is 4.30. The van der Waals surface area contributed by atoms with Gasteiger partial charge in [0, 0.05) is 11.1 Å². The maximum atomic E-state index is 11.0. The van der Waals surface area contributed by atoms with Crippen molar-refractivity contribution in [2.75, 3.05) is 5.73 Å². The molecule has 0 saturated heterocycles. The molecule has 1 aromatic carbocycles. The van der Waals surface area contributed by atoms with Crippen molar-refractivity contribution >= 4 is 23.1 Å². The standard InChI is InChI=1S/C12H11ClN4O3/c1-2-8-11(14)15-6-16-12(8)20-10-4-3-7(13)5-9(10)17(18)19/h3-6H,2H2,1H3,(H2,14,15,16). The van der Waals surface area contributed by atoms with Crippen molar-refractivity contribution in [2.24, 2.45) is 0 Å². The third kappa shape index (κ3) is 2.77.